The topological polar surface area (TPSA) is 83.7 Å². The molecule has 0 aromatic heterocycles. The fourth-order valence-electron chi connectivity index (χ4n) is 4.74. The molecule has 0 unspecified atom stereocenters. The Labute approximate surface area is 214 Å². The summed E-state index contributed by atoms with van der Waals surface area (Å²) < 4.78 is 27.2. The monoisotopic (exact) mass is 505 g/mol. The molecule has 6 nitrogen and oxygen atoms in total. The number of nitrogens with zero attached hydrogens (tertiary/aromatic N) is 2. The maximum Gasteiger partial charge on any atom is 0.243 e. The van der Waals surface area contributed by atoms with E-state index < -0.39 is 10.0 Å². The van der Waals surface area contributed by atoms with Crippen LogP contribution in [0.4, 0.5) is 11.4 Å². The smallest absolute Gasteiger partial charge is 0.243 e. The minimum Gasteiger partial charge on any atom is -0.399 e. The molecule has 1 saturated carbocycles. The van der Waals surface area contributed by atoms with Crippen molar-refractivity contribution in [2.75, 3.05) is 24.2 Å². The molecule has 3 aromatic carbocycles. The minimum absolute atomic E-state index is 0.167. The molecule has 0 radical (unpaired) electrons. The summed E-state index contributed by atoms with van der Waals surface area (Å²) in [7, 11) is -2.36. The maximum atomic E-state index is 13.5. The summed E-state index contributed by atoms with van der Waals surface area (Å²) in [5.41, 5.74) is 10.4. The summed E-state index contributed by atoms with van der Waals surface area (Å²) in [6.45, 7) is 1.96. The molecule has 1 fully saturated rings. The Hall–Kier alpha value is -3.16. The normalized spacial score (nSPS) is 14.6. The fraction of sp³-hybridized carbons (Fsp3) is 0.345. The van der Waals surface area contributed by atoms with E-state index in [4.69, 9.17) is 5.73 Å². The number of carbonyl (C=O) groups is 1. The summed E-state index contributed by atoms with van der Waals surface area (Å²) in [5, 5.41) is 0. The number of sulfonamides is 1. The number of anilines is 2. The number of benzene rings is 3. The van der Waals surface area contributed by atoms with Crippen LogP contribution >= 0.6 is 0 Å². The number of likely N-dealkylation sites (N-methyl/N-ethyl adjacent to an activating group) is 1. The minimum atomic E-state index is -3.80. The van der Waals surface area contributed by atoms with Gasteiger partial charge in [-0.1, -0.05) is 61.2 Å². The summed E-state index contributed by atoms with van der Waals surface area (Å²) in [6.07, 6.45) is 6.35. The van der Waals surface area contributed by atoms with Crippen molar-refractivity contribution in [3.05, 3.63) is 89.5 Å². The Kier molecular flexibility index (Phi) is 8.11. The van der Waals surface area contributed by atoms with Crippen LogP contribution in [0.1, 0.15) is 54.7 Å². The Balaban J connectivity index is 1.53. The fourth-order valence-corrected chi connectivity index (χ4v) is 5.86. The van der Waals surface area contributed by atoms with Crippen molar-refractivity contribution in [3.63, 3.8) is 0 Å². The van der Waals surface area contributed by atoms with Gasteiger partial charge < -0.3 is 10.6 Å². The van der Waals surface area contributed by atoms with Gasteiger partial charge in [0.05, 0.1) is 18.0 Å². The summed E-state index contributed by atoms with van der Waals surface area (Å²) >= 11 is 0. The lowest BCUT2D eigenvalue weighted by atomic mass is 9.84. The van der Waals surface area contributed by atoms with Crippen molar-refractivity contribution in [2.24, 2.45) is 0 Å². The molecule has 0 atom stereocenters. The molecule has 4 rings (SSSR count). The van der Waals surface area contributed by atoms with Crippen LogP contribution in [0.2, 0.25) is 0 Å². The number of rotatable bonds is 8. The predicted octanol–water partition coefficient (Wildman–Crippen LogP) is 5.48. The van der Waals surface area contributed by atoms with Crippen LogP contribution in [0.15, 0.2) is 77.7 Å². The van der Waals surface area contributed by atoms with Crippen LogP contribution in [0.5, 0.6) is 0 Å². The summed E-state index contributed by atoms with van der Waals surface area (Å²) in [5.74, 6) is 0.303. The second-order valence-corrected chi connectivity index (χ2v) is 11.8. The highest BCUT2D eigenvalue weighted by atomic mass is 32.2. The van der Waals surface area contributed by atoms with E-state index in [9.17, 15) is 13.2 Å². The predicted molar refractivity (Wildman–Crippen MR) is 145 cm³/mol. The van der Waals surface area contributed by atoms with Gasteiger partial charge in [0.15, 0.2) is 0 Å². The summed E-state index contributed by atoms with van der Waals surface area (Å²) in [6, 6.07) is 22.2. The lowest BCUT2D eigenvalue weighted by Gasteiger charge is -2.26. The highest BCUT2D eigenvalue weighted by molar-refractivity contribution is 7.89. The van der Waals surface area contributed by atoms with Gasteiger partial charge in [0.1, 0.15) is 0 Å². The Morgan fingerprint density at radius 1 is 0.889 bits per heavy atom. The third-order valence-electron chi connectivity index (χ3n) is 6.99. The first-order valence-corrected chi connectivity index (χ1v) is 14.0. The average molecular weight is 506 g/mol. The third-order valence-corrected chi connectivity index (χ3v) is 8.81. The SMILES string of the molecule is Cc1ccc(S(=O)(=O)N(C)CC(=O)N(Cc2ccc(C3CCCCC3)cc2)c2ccc(N)cc2)cc1. The van der Waals surface area contributed by atoms with E-state index in [1.54, 1.807) is 53.4 Å². The van der Waals surface area contributed by atoms with Gasteiger partial charge >= 0.3 is 0 Å². The van der Waals surface area contributed by atoms with Gasteiger partial charge in [0.25, 0.3) is 0 Å². The molecule has 0 aliphatic heterocycles. The van der Waals surface area contributed by atoms with Crippen LogP contribution in [0, 0.1) is 6.92 Å². The van der Waals surface area contributed by atoms with Gasteiger partial charge in [-0.3, -0.25) is 4.79 Å². The number of hydrogen-bond acceptors (Lipinski definition) is 4. The van der Waals surface area contributed by atoms with Crippen LogP contribution in [-0.4, -0.2) is 32.2 Å². The molecule has 36 heavy (non-hydrogen) atoms. The average Bonchev–Trinajstić information content (AvgIpc) is 2.89. The second kappa shape index (κ2) is 11.3. The lowest BCUT2D eigenvalue weighted by molar-refractivity contribution is -0.118. The van der Waals surface area contributed by atoms with Crippen LogP contribution in [0.25, 0.3) is 0 Å². The van der Waals surface area contributed by atoms with Gasteiger partial charge in [0.2, 0.25) is 15.9 Å². The first-order chi connectivity index (χ1) is 17.2. The van der Waals surface area contributed by atoms with Crippen molar-refractivity contribution in [2.45, 2.75) is 56.4 Å². The van der Waals surface area contributed by atoms with Crippen molar-refractivity contribution >= 4 is 27.3 Å². The summed E-state index contributed by atoms with van der Waals surface area (Å²) in [4.78, 5) is 15.3. The quantitative estimate of drug-likeness (QED) is 0.411. The number of nitrogens with two attached hydrogens (primary N) is 1. The van der Waals surface area contributed by atoms with Gasteiger partial charge in [-0.05, 0) is 73.2 Å². The first kappa shape index (κ1) is 25.9. The van der Waals surface area contributed by atoms with E-state index >= 15 is 0 Å². The molecular weight excluding hydrogens is 470 g/mol. The molecule has 7 heteroatoms. The molecule has 2 N–H and O–H groups in total. The highest BCUT2D eigenvalue weighted by Gasteiger charge is 2.26. The zero-order valence-corrected chi connectivity index (χ0v) is 21.9. The lowest BCUT2D eigenvalue weighted by Crippen LogP contribution is -2.41. The van der Waals surface area contributed by atoms with Crippen LogP contribution in [0.3, 0.4) is 0 Å². The number of carbonyl (C=O) groups excluding carboxylic acids is 1. The van der Waals surface area contributed by atoms with Crippen molar-refractivity contribution in [1.29, 1.82) is 0 Å². The Morgan fingerprint density at radius 2 is 1.50 bits per heavy atom. The molecular formula is C29H35N3O3S. The van der Waals surface area contributed by atoms with Crippen LogP contribution in [-0.2, 0) is 21.4 Å². The largest absolute Gasteiger partial charge is 0.399 e. The second-order valence-electron chi connectivity index (χ2n) is 9.72. The van der Waals surface area contributed by atoms with E-state index in [1.807, 2.05) is 6.92 Å². The number of nitrogen functional groups attached to an aromatic ring is 1. The molecule has 0 heterocycles. The van der Waals surface area contributed by atoms with E-state index in [0.29, 0.717) is 23.8 Å². The van der Waals surface area contributed by atoms with Crippen molar-refractivity contribution < 1.29 is 13.2 Å². The molecule has 3 aromatic rings. The molecule has 1 aliphatic rings. The molecule has 190 valence electrons. The number of amides is 1. The van der Waals surface area contributed by atoms with Gasteiger partial charge in [-0.15, -0.1) is 0 Å². The Bertz CT molecular complexity index is 1260. The van der Waals surface area contributed by atoms with E-state index in [1.165, 1.54) is 44.7 Å². The van der Waals surface area contributed by atoms with E-state index in [0.717, 1.165) is 15.4 Å². The van der Waals surface area contributed by atoms with Gasteiger partial charge in [0, 0.05) is 18.4 Å². The maximum absolute atomic E-state index is 13.5. The molecule has 1 amide bonds. The van der Waals surface area contributed by atoms with Crippen molar-refractivity contribution in [1.82, 2.24) is 4.31 Å². The molecule has 0 spiro atoms. The zero-order chi connectivity index (χ0) is 25.7. The van der Waals surface area contributed by atoms with Crippen molar-refractivity contribution in [3.8, 4) is 0 Å². The standard InChI is InChI=1S/C29H35N3O3S/c1-22-8-18-28(19-9-22)36(34,35)31(2)21-29(33)32(27-16-14-26(30)15-17-27)20-23-10-12-25(13-11-23)24-6-4-3-5-7-24/h8-19,24H,3-7,20-21,30H2,1-2H3. The zero-order valence-electron chi connectivity index (χ0n) is 21.1. The van der Waals surface area contributed by atoms with E-state index in [-0.39, 0.29) is 17.3 Å². The number of aryl methyl sites for hydroxylation is 1. The van der Waals surface area contributed by atoms with Crippen LogP contribution < -0.4 is 10.6 Å². The highest BCUT2D eigenvalue weighted by Crippen LogP contribution is 2.33. The van der Waals surface area contributed by atoms with Gasteiger partial charge in [-0.2, -0.15) is 4.31 Å². The van der Waals surface area contributed by atoms with Gasteiger partial charge in [-0.25, -0.2) is 8.42 Å². The molecule has 0 saturated heterocycles. The third kappa shape index (κ3) is 6.15. The molecule has 0 bridgehead atoms. The Morgan fingerprint density at radius 3 is 2.11 bits per heavy atom. The van der Waals surface area contributed by atoms with E-state index in [2.05, 4.69) is 24.3 Å². The first-order valence-electron chi connectivity index (χ1n) is 12.5. The molecule has 1 aliphatic carbocycles. The number of hydrogen-bond donors (Lipinski definition) is 1.